The minimum absolute atomic E-state index is 0.216. The number of fused-ring (bicyclic) bond motifs is 1. The number of rotatable bonds is 2. The number of H-pyrrole nitrogens is 1. The standard InChI is InChI=1S/C14H15N7O/c15-14-19-12-10(13(20-14)21-5-7-22-8-6-21)17-11(18-12)9-3-1-2-4-16-9/h1-4H,5-8H2,(H3,15,17,18,19,20). The molecule has 8 heteroatoms. The maximum atomic E-state index is 5.83. The van der Waals surface area contributed by atoms with E-state index in [1.807, 2.05) is 18.2 Å². The van der Waals surface area contributed by atoms with E-state index in [1.54, 1.807) is 6.20 Å². The molecule has 1 fully saturated rings. The van der Waals surface area contributed by atoms with Crippen molar-refractivity contribution in [2.24, 2.45) is 0 Å². The Kier molecular flexibility index (Phi) is 3.08. The molecular formula is C14H15N7O. The highest BCUT2D eigenvalue weighted by Gasteiger charge is 2.20. The van der Waals surface area contributed by atoms with E-state index >= 15 is 0 Å². The van der Waals surface area contributed by atoms with E-state index in [1.165, 1.54) is 0 Å². The summed E-state index contributed by atoms with van der Waals surface area (Å²) in [6.45, 7) is 2.88. The molecule has 1 aliphatic heterocycles. The quantitative estimate of drug-likeness (QED) is 0.721. The van der Waals surface area contributed by atoms with Crippen LogP contribution in [0.5, 0.6) is 0 Å². The Morgan fingerprint density at radius 2 is 2.00 bits per heavy atom. The first kappa shape index (κ1) is 13.0. The van der Waals surface area contributed by atoms with Crippen LogP contribution in [0.2, 0.25) is 0 Å². The molecule has 0 aromatic carbocycles. The average molecular weight is 297 g/mol. The van der Waals surface area contributed by atoms with Gasteiger partial charge < -0.3 is 20.4 Å². The molecule has 0 bridgehead atoms. The summed E-state index contributed by atoms with van der Waals surface area (Å²) >= 11 is 0. The number of hydrogen-bond acceptors (Lipinski definition) is 7. The summed E-state index contributed by atoms with van der Waals surface area (Å²) in [5, 5.41) is 0. The molecule has 0 amide bonds. The monoisotopic (exact) mass is 297 g/mol. The van der Waals surface area contributed by atoms with E-state index in [0.29, 0.717) is 24.7 Å². The first-order valence-corrected chi connectivity index (χ1v) is 7.08. The summed E-state index contributed by atoms with van der Waals surface area (Å²) in [6, 6.07) is 5.67. The number of ether oxygens (including phenoxy) is 1. The number of nitrogens with two attached hydrogens (primary N) is 1. The number of nitrogens with zero attached hydrogens (tertiary/aromatic N) is 5. The van der Waals surface area contributed by atoms with Crippen LogP contribution < -0.4 is 10.6 Å². The van der Waals surface area contributed by atoms with Crippen molar-refractivity contribution in [2.75, 3.05) is 36.9 Å². The van der Waals surface area contributed by atoms with Crippen LogP contribution in [-0.2, 0) is 4.74 Å². The predicted molar refractivity (Wildman–Crippen MR) is 82.4 cm³/mol. The fourth-order valence-corrected chi connectivity index (χ4v) is 2.53. The van der Waals surface area contributed by atoms with Crippen molar-refractivity contribution in [2.45, 2.75) is 0 Å². The highest BCUT2D eigenvalue weighted by atomic mass is 16.5. The summed E-state index contributed by atoms with van der Waals surface area (Å²) in [5.74, 6) is 1.64. The van der Waals surface area contributed by atoms with Crippen molar-refractivity contribution in [3.63, 3.8) is 0 Å². The van der Waals surface area contributed by atoms with Crippen LogP contribution in [0.15, 0.2) is 24.4 Å². The van der Waals surface area contributed by atoms with Crippen LogP contribution in [0.3, 0.4) is 0 Å². The van der Waals surface area contributed by atoms with Gasteiger partial charge in [-0.2, -0.15) is 9.97 Å². The van der Waals surface area contributed by atoms with E-state index in [4.69, 9.17) is 10.5 Å². The van der Waals surface area contributed by atoms with Crippen LogP contribution in [0.25, 0.3) is 22.7 Å². The molecule has 0 saturated carbocycles. The molecule has 0 unspecified atom stereocenters. The molecule has 3 aromatic rings. The SMILES string of the molecule is Nc1nc(N2CCOCC2)c2[nH]c(-c3ccccn3)nc2n1. The molecule has 1 aliphatic rings. The first-order valence-electron chi connectivity index (χ1n) is 7.08. The highest BCUT2D eigenvalue weighted by Crippen LogP contribution is 2.26. The molecule has 3 aromatic heterocycles. The zero-order valence-corrected chi connectivity index (χ0v) is 11.9. The van der Waals surface area contributed by atoms with E-state index in [0.717, 1.165) is 30.1 Å². The van der Waals surface area contributed by atoms with Gasteiger partial charge in [0, 0.05) is 19.3 Å². The maximum absolute atomic E-state index is 5.83. The van der Waals surface area contributed by atoms with Gasteiger partial charge in [0.25, 0.3) is 0 Å². The third kappa shape index (κ3) is 2.23. The normalized spacial score (nSPS) is 15.4. The van der Waals surface area contributed by atoms with E-state index < -0.39 is 0 Å². The summed E-state index contributed by atoms with van der Waals surface area (Å²) < 4.78 is 5.39. The number of morpholine rings is 1. The fourth-order valence-electron chi connectivity index (χ4n) is 2.53. The summed E-state index contributed by atoms with van der Waals surface area (Å²) in [7, 11) is 0. The Labute approximate surface area is 126 Å². The molecule has 8 nitrogen and oxygen atoms in total. The lowest BCUT2D eigenvalue weighted by molar-refractivity contribution is 0.122. The number of aromatic nitrogens is 5. The maximum Gasteiger partial charge on any atom is 0.224 e. The zero-order chi connectivity index (χ0) is 14.9. The predicted octanol–water partition coefficient (Wildman–Crippen LogP) is 0.834. The van der Waals surface area contributed by atoms with Crippen LogP contribution in [-0.4, -0.2) is 51.2 Å². The van der Waals surface area contributed by atoms with Crippen molar-refractivity contribution < 1.29 is 4.74 Å². The Hall–Kier alpha value is -2.74. The topological polar surface area (TPSA) is 106 Å². The summed E-state index contributed by atoms with van der Waals surface area (Å²) in [5.41, 5.74) is 7.91. The average Bonchev–Trinajstić information content (AvgIpc) is 2.99. The largest absolute Gasteiger partial charge is 0.378 e. The molecule has 0 spiro atoms. The lowest BCUT2D eigenvalue weighted by atomic mass is 10.3. The van der Waals surface area contributed by atoms with Crippen molar-refractivity contribution in [1.82, 2.24) is 24.9 Å². The van der Waals surface area contributed by atoms with Gasteiger partial charge in [0.05, 0.1) is 13.2 Å². The molecule has 0 radical (unpaired) electrons. The van der Waals surface area contributed by atoms with Gasteiger partial charge in [-0.15, -0.1) is 0 Å². The van der Waals surface area contributed by atoms with Crippen LogP contribution >= 0.6 is 0 Å². The van der Waals surface area contributed by atoms with Crippen molar-refractivity contribution >= 4 is 22.9 Å². The fraction of sp³-hybridized carbons (Fsp3) is 0.286. The second-order valence-electron chi connectivity index (χ2n) is 5.00. The second-order valence-corrected chi connectivity index (χ2v) is 5.00. The van der Waals surface area contributed by atoms with Crippen LogP contribution in [0.1, 0.15) is 0 Å². The van der Waals surface area contributed by atoms with Gasteiger partial charge >= 0.3 is 0 Å². The third-order valence-corrected chi connectivity index (χ3v) is 3.57. The van der Waals surface area contributed by atoms with E-state index in [9.17, 15) is 0 Å². The van der Waals surface area contributed by atoms with Gasteiger partial charge in [0.2, 0.25) is 5.95 Å². The van der Waals surface area contributed by atoms with Crippen molar-refractivity contribution in [3.8, 4) is 11.5 Å². The number of hydrogen-bond donors (Lipinski definition) is 2. The van der Waals surface area contributed by atoms with Gasteiger partial charge in [-0.25, -0.2) is 4.98 Å². The summed E-state index contributed by atoms with van der Waals surface area (Å²) in [4.78, 5) is 22.8. The number of nitrogen functional groups attached to an aromatic ring is 1. The smallest absolute Gasteiger partial charge is 0.224 e. The van der Waals surface area contributed by atoms with E-state index in [2.05, 4.69) is 29.8 Å². The van der Waals surface area contributed by atoms with Gasteiger partial charge in [0.1, 0.15) is 11.2 Å². The number of aromatic amines is 1. The lowest BCUT2D eigenvalue weighted by Crippen LogP contribution is -2.37. The lowest BCUT2D eigenvalue weighted by Gasteiger charge is -2.27. The Morgan fingerprint density at radius 1 is 1.14 bits per heavy atom. The van der Waals surface area contributed by atoms with Gasteiger partial charge in [-0.05, 0) is 12.1 Å². The van der Waals surface area contributed by atoms with Crippen LogP contribution in [0.4, 0.5) is 11.8 Å². The van der Waals surface area contributed by atoms with Gasteiger partial charge in [-0.3, -0.25) is 4.98 Å². The summed E-state index contributed by atoms with van der Waals surface area (Å²) in [6.07, 6.45) is 1.73. The Morgan fingerprint density at radius 3 is 2.77 bits per heavy atom. The second kappa shape index (κ2) is 5.23. The number of anilines is 2. The third-order valence-electron chi connectivity index (χ3n) is 3.57. The molecule has 0 atom stereocenters. The molecule has 112 valence electrons. The van der Waals surface area contributed by atoms with Gasteiger partial charge in [-0.1, -0.05) is 6.07 Å². The van der Waals surface area contributed by atoms with Crippen molar-refractivity contribution in [1.29, 1.82) is 0 Å². The van der Waals surface area contributed by atoms with Crippen molar-refractivity contribution in [3.05, 3.63) is 24.4 Å². The molecule has 1 saturated heterocycles. The Balaban J connectivity index is 1.84. The van der Waals surface area contributed by atoms with E-state index in [-0.39, 0.29) is 5.95 Å². The molecular weight excluding hydrogens is 282 g/mol. The molecule has 22 heavy (non-hydrogen) atoms. The first-order chi connectivity index (χ1) is 10.8. The molecule has 0 aliphatic carbocycles. The minimum atomic E-state index is 0.216. The minimum Gasteiger partial charge on any atom is -0.378 e. The number of pyridine rings is 1. The molecule has 4 rings (SSSR count). The van der Waals surface area contributed by atoms with Crippen LogP contribution in [0, 0.1) is 0 Å². The Bertz CT molecular complexity index is 796. The molecule has 4 heterocycles. The number of nitrogens with one attached hydrogen (secondary N) is 1. The van der Waals surface area contributed by atoms with Gasteiger partial charge in [0.15, 0.2) is 17.3 Å². The molecule has 3 N–H and O–H groups in total. The zero-order valence-electron chi connectivity index (χ0n) is 11.9. The number of imidazole rings is 1. The highest BCUT2D eigenvalue weighted by molar-refractivity contribution is 5.86.